The molecule has 17 heavy (non-hydrogen) atoms. The summed E-state index contributed by atoms with van der Waals surface area (Å²) >= 11 is 2.02. The van der Waals surface area contributed by atoms with Crippen LogP contribution in [0, 0.1) is 9.39 Å². The number of carbonyl (C=O) groups is 1. The number of hydrogen-bond donors (Lipinski definition) is 1. The van der Waals surface area contributed by atoms with Gasteiger partial charge in [0.05, 0.1) is 5.69 Å². The van der Waals surface area contributed by atoms with Crippen molar-refractivity contribution in [1.82, 2.24) is 0 Å². The van der Waals surface area contributed by atoms with Gasteiger partial charge in [0.1, 0.15) is 5.82 Å². The molecule has 1 aromatic rings. The summed E-state index contributed by atoms with van der Waals surface area (Å²) in [6.45, 7) is 2.14. The van der Waals surface area contributed by atoms with Crippen LogP contribution in [0.2, 0.25) is 0 Å². The molecule has 94 valence electrons. The lowest BCUT2D eigenvalue weighted by Crippen LogP contribution is -2.12. The monoisotopic (exact) mass is 349 g/mol. The summed E-state index contributed by atoms with van der Waals surface area (Å²) in [5.74, 6) is -0.277. The lowest BCUT2D eigenvalue weighted by molar-refractivity contribution is -0.116. The Morgan fingerprint density at radius 2 is 2.12 bits per heavy atom. The minimum absolute atomic E-state index is 0.00521. The van der Waals surface area contributed by atoms with Crippen LogP contribution in [0.4, 0.5) is 10.1 Å². The molecule has 1 rings (SSSR count). The van der Waals surface area contributed by atoms with Crippen LogP contribution in [-0.2, 0) is 4.79 Å². The molecular weight excluding hydrogens is 332 g/mol. The van der Waals surface area contributed by atoms with E-state index in [1.54, 1.807) is 6.07 Å². The predicted molar refractivity (Wildman–Crippen MR) is 76.5 cm³/mol. The normalized spacial score (nSPS) is 10.3. The molecule has 0 radical (unpaired) electrons. The molecule has 0 aliphatic heterocycles. The topological polar surface area (TPSA) is 29.1 Å². The quantitative estimate of drug-likeness (QED) is 0.601. The van der Waals surface area contributed by atoms with E-state index in [9.17, 15) is 9.18 Å². The van der Waals surface area contributed by atoms with Crippen molar-refractivity contribution < 1.29 is 9.18 Å². The number of nitrogens with one attached hydrogen (secondary N) is 1. The zero-order valence-electron chi connectivity index (χ0n) is 9.93. The minimum atomic E-state index is -0.282. The van der Waals surface area contributed by atoms with Crippen molar-refractivity contribution in [2.45, 2.75) is 39.0 Å². The van der Waals surface area contributed by atoms with Gasteiger partial charge in [0.2, 0.25) is 5.91 Å². The second-order valence-electron chi connectivity index (χ2n) is 3.98. The molecule has 0 fully saturated rings. The van der Waals surface area contributed by atoms with E-state index >= 15 is 0 Å². The van der Waals surface area contributed by atoms with E-state index in [0.717, 1.165) is 22.8 Å². The number of unbranched alkanes of at least 4 members (excludes halogenated alkanes) is 3. The van der Waals surface area contributed by atoms with Gasteiger partial charge in [-0.3, -0.25) is 4.79 Å². The molecule has 0 saturated carbocycles. The number of amides is 1. The Bertz CT molecular complexity index is 382. The smallest absolute Gasteiger partial charge is 0.224 e. The van der Waals surface area contributed by atoms with Crippen LogP contribution in [0.25, 0.3) is 0 Å². The summed E-state index contributed by atoms with van der Waals surface area (Å²) in [4.78, 5) is 11.6. The van der Waals surface area contributed by atoms with Gasteiger partial charge in [-0.1, -0.05) is 26.2 Å². The van der Waals surface area contributed by atoms with Gasteiger partial charge in [0, 0.05) is 9.99 Å². The van der Waals surface area contributed by atoms with Crippen molar-refractivity contribution in [3.05, 3.63) is 27.6 Å². The highest BCUT2D eigenvalue weighted by atomic mass is 127. The van der Waals surface area contributed by atoms with Crippen molar-refractivity contribution >= 4 is 34.2 Å². The molecule has 0 aromatic heterocycles. The van der Waals surface area contributed by atoms with Gasteiger partial charge in [-0.25, -0.2) is 4.39 Å². The number of benzene rings is 1. The van der Waals surface area contributed by atoms with Crippen LogP contribution in [0.5, 0.6) is 0 Å². The summed E-state index contributed by atoms with van der Waals surface area (Å²) in [7, 11) is 0. The Morgan fingerprint density at radius 1 is 1.35 bits per heavy atom. The van der Waals surface area contributed by atoms with Gasteiger partial charge in [0.25, 0.3) is 0 Å². The second kappa shape index (κ2) is 7.63. The summed E-state index contributed by atoms with van der Waals surface area (Å²) in [6.07, 6.45) is 4.87. The molecule has 0 unspecified atom stereocenters. The minimum Gasteiger partial charge on any atom is -0.325 e. The molecule has 0 bridgehead atoms. The van der Waals surface area contributed by atoms with E-state index in [-0.39, 0.29) is 11.7 Å². The van der Waals surface area contributed by atoms with Gasteiger partial charge in [0.15, 0.2) is 0 Å². The van der Waals surface area contributed by atoms with Gasteiger partial charge in [-0.2, -0.15) is 0 Å². The molecule has 0 atom stereocenters. The van der Waals surface area contributed by atoms with E-state index in [2.05, 4.69) is 12.2 Å². The molecule has 0 spiro atoms. The lowest BCUT2D eigenvalue weighted by atomic mass is 10.1. The first kappa shape index (κ1) is 14.4. The average Bonchev–Trinajstić information content (AvgIpc) is 2.28. The van der Waals surface area contributed by atoms with E-state index in [1.807, 2.05) is 22.6 Å². The Hall–Kier alpha value is -0.650. The summed E-state index contributed by atoms with van der Waals surface area (Å²) in [5.41, 5.74) is 0.687. The highest BCUT2D eigenvalue weighted by molar-refractivity contribution is 14.1. The largest absolute Gasteiger partial charge is 0.325 e. The van der Waals surface area contributed by atoms with Crippen molar-refractivity contribution in [2.75, 3.05) is 5.32 Å². The van der Waals surface area contributed by atoms with Crippen LogP contribution >= 0.6 is 22.6 Å². The maximum Gasteiger partial charge on any atom is 0.224 e. The van der Waals surface area contributed by atoms with Crippen molar-refractivity contribution in [1.29, 1.82) is 0 Å². The molecule has 0 heterocycles. The molecule has 1 amide bonds. The maximum absolute atomic E-state index is 12.9. The Morgan fingerprint density at radius 3 is 2.76 bits per heavy atom. The van der Waals surface area contributed by atoms with Crippen LogP contribution in [0.1, 0.15) is 39.0 Å². The van der Waals surface area contributed by atoms with Crippen LogP contribution in [0.3, 0.4) is 0 Å². The third-order valence-corrected chi connectivity index (χ3v) is 3.36. The second-order valence-corrected chi connectivity index (χ2v) is 5.15. The third kappa shape index (κ3) is 5.48. The highest BCUT2D eigenvalue weighted by Gasteiger charge is 2.05. The SMILES string of the molecule is CCCCCCC(=O)Nc1ccc(F)cc1I. The molecule has 1 aromatic carbocycles. The molecule has 0 aliphatic rings. The molecule has 0 saturated heterocycles. The fourth-order valence-corrected chi connectivity index (χ4v) is 2.13. The lowest BCUT2D eigenvalue weighted by Gasteiger charge is -2.07. The number of carbonyl (C=O) groups excluding carboxylic acids is 1. The number of anilines is 1. The summed E-state index contributed by atoms with van der Waals surface area (Å²) < 4.78 is 13.6. The molecule has 1 N–H and O–H groups in total. The van der Waals surface area contributed by atoms with E-state index in [0.29, 0.717) is 12.1 Å². The number of halogens is 2. The number of rotatable bonds is 6. The van der Waals surface area contributed by atoms with Gasteiger partial charge < -0.3 is 5.32 Å². The highest BCUT2D eigenvalue weighted by Crippen LogP contribution is 2.19. The molecule has 0 aliphatic carbocycles. The van der Waals surface area contributed by atoms with E-state index in [4.69, 9.17) is 0 Å². The van der Waals surface area contributed by atoms with Gasteiger partial charge >= 0.3 is 0 Å². The van der Waals surface area contributed by atoms with Crippen molar-refractivity contribution in [3.8, 4) is 0 Å². The van der Waals surface area contributed by atoms with Gasteiger partial charge in [-0.05, 0) is 47.2 Å². The number of hydrogen-bond acceptors (Lipinski definition) is 1. The van der Waals surface area contributed by atoms with Crippen molar-refractivity contribution in [2.24, 2.45) is 0 Å². The Kier molecular flexibility index (Phi) is 6.47. The van der Waals surface area contributed by atoms with Crippen LogP contribution in [0.15, 0.2) is 18.2 Å². The van der Waals surface area contributed by atoms with E-state index in [1.165, 1.54) is 18.6 Å². The fourth-order valence-electron chi connectivity index (χ4n) is 1.52. The Balaban J connectivity index is 2.40. The maximum atomic E-state index is 12.9. The third-order valence-electron chi connectivity index (χ3n) is 2.46. The summed E-state index contributed by atoms with van der Waals surface area (Å²) in [5, 5.41) is 2.80. The molecule has 4 heteroatoms. The fraction of sp³-hybridized carbons (Fsp3) is 0.462. The Labute approximate surface area is 115 Å². The van der Waals surface area contributed by atoms with Crippen LogP contribution in [-0.4, -0.2) is 5.91 Å². The van der Waals surface area contributed by atoms with Crippen LogP contribution < -0.4 is 5.32 Å². The first-order chi connectivity index (χ1) is 8.13. The predicted octanol–water partition coefficient (Wildman–Crippen LogP) is 4.34. The zero-order valence-corrected chi connectivity index (χ0v) is 12.1. The summed E-state index contributed by atoms with van der Waals surface area (Å²) in [6, 6.07) is 4.36. The van der Waals surface area contributed by atoms with Gasteiger partial charge in [-0.15, -0.1) is 0 Å². The molecular formula is C13H17FINO. The molecule has 2 nitrogen and oxygen atoms in total. The zero-order chi connectivity index (χ0) is 12.7. The van der Waals surface area contributed by atoms with E-state index < -0.39 is 0 Å². The van der Waals surface area contributed by atoms with Crippen molar-refractivity contribution in [3.63, 3.8) is 0 Å². The first-order valence-corrected chi connectivity index (χ1v) is 6.96. The first-order valence-electron chi connectivity index (χ1n) is 5.88. The standard InChI is InChI=1S/C13H17FINO/c1-2-3-4-5-6-13(17)16-12-8-7-10(14)9-11(12)15/h7-9H,2-6H2,1H3,(H,16,17). The average molecular weight is 349 g/mol.